The van der Waals surface area contributed by atoms with Crippen LogP contribution in [0.1, 0.15) is 25.3 Å². The van der Waals surface area contributed by atoms with Crippen molar-refractivity contribution < 1.29 is 14.4 Å². The number of hydrogen-bond acceptors (Lipinski definition) is 3. The summed E-state index contributed by atoms with van der Waals surface area (Å²) < 4.78 is 0. The first-order chi connectivity index (χ1) is 12.0. The molecule has 130 valence electrons. The number of nitrogens with zero attached hydrogens (tertiary/aromatic N) is 1. The van der Waals surface area contributed by atoms with Gasteiger partial charge in [0.05, 0.1) is 11.8 Å². The first-order valence-corrected chi connectivity index (χ1v) is 8.90. The van der Waals surface area contributed by atoms with Crippen LogP contribution in [0.25, 0.3) is 0 Å². The summed E-state index contributed by atoms with van der Waals surface area (Å²) in [7, 11) is 0. The second kappa shape index (κ2) is 5.83. The highest BCUT2D eigenvalue weighted by atomic mass is 16.2. The molecule has 25 heavy (non-hydrogen) atoms. The van der Waals surface area contributed by atoms with E-state index in [1.807, 2.05) is 25.1 Å². The van der Waals surface area contributed by atoms with Crippen LogP contribution in [-0.2, 0) is 14.4 Å². The van der Waals surface area contributed by atoms with Crippen molar-refractivity contribution in [3.8, 4) is 0 Å². The van der Waals surface area contributed by atoms with Crippen molar-refractivity contribution >= 4 is 23.4 Å². The highest BCUT2D eigenvalue weighted by Gasteiger charge is 2.58. The number of rotatable bonds is 3. The van der Waals surface area contributed by atoms with E-state index in [1.54, 1.807) is 13.0 Å². The molecule has 3 aliphatic carbocycles. The fraction of sp³-hybridized carbons (Fsp3) is 0.450. The normalized spacial score (nSPS) is 31.2. The Morgan fingerprint density at radius 1 is 1.12 bits per heavy atom. The number of anilines is 1. The zero-order valence-corrected chi connectivity index (χ0v) is 14.4. The third kappa shape index (κ3) is 2.49. The zero-order chi connectivity index (χ0) is 17.7. The fourth-order valence-electron chi connectivity index (χ4n) is 4.57. The number of fused-ring (bicyclic) bond motifs is 1. The lowest BCUT2D eigenvalue weighted by Gasteiger charge is -2.38. The Bertz CT molecular complexity index is 753. The Kier molecular flexibility index (Phi) is 3.74. The van der Waals surface area contributed by atoms with Crippen molar-refractivity contribution in [2.45, 2.75) is 32.7 Å². The maximum Gasteiger partial charge on any atom is 0.247 e. The number of benzene rings is 1. The van der Waals surface area contributed by atoms with Gasteiger partial charge in [0.1, 0.15) is 6.04 Å². The van der Waals surface area contributed by atoms with Gasteiger partial charge in [0.25, 0.3) is 0 Å². The van der Waals surface area contributed by atoms with Crippen molar-refractivity contribution in [3.63, 3.8) is 0 Å². The van der Waals surface area contributed by atoms with Crippen molar-refractivity contribution in [3.05, 3.63) is 42.0 Å². The summed E-state index contributed by atoms with van der Waals surface area (Å²) in [6.45, 7) is 3.58. The second-order valence-electron chi connectivity index (χ2n) is 7.42. The van der Waals surface area contributed by atoms with Gasteiger partial charge in [-0.2, -0.15) is 0 Å². The molecule has 0 radical (unpaired) electrons. The van der Waals surface area contributed by atoms with Crippen LogP contribution < -0.4 is 5.32 Å². The van der Waals surface area contributed by atoms with Gasteiger partial charge in [0, 0.05) is 5.69 Å². The molecule has 1 N–H and O–H groups in total. The van der Waals surface area contributed by atoms with E-state index in [0.29, 0.717) is 5.69 Å². The molecule has 0 unspecified atom stereocenters. The first kappa shape index (κ1) is 16.1. The topological polar surface area (TPSA) is 66.5 Å². The Balaban J connectivity index is 1.54. The number of allylic oxidation sites excluding steroid dienone is 2. The summed E-state index contributed by atoms with van der Waals surface area (Å²) in [5.74, 6) is -0.948. The van der Waals surface area contributed by atoms with Crippen molar-refractivity contribution in [1.82, 2.24) is 4.90 Å². The third-order valence-corrected chi connectivity index (χ3v) is 5.85. The molecule has 2 fully saturated rings. The lowest BCUT2D eigenvalue weighted by atomic mass is 9.63. The Morgan fingerprint density at radius 2 is 1.72 bits per heavy atom. The Hall–Kier alpha value is -2.43. The molecule has 1 aromatic carbocycles. The smallest absolute Gasteiger partial charge is 0.247 e. The number of aryl methyl sites for hydroxylation is 1. The summed E-state index contributed by atoms with van der Waals surface area (Å²) in [5, 5.41) is 2.82. The van der Waals surface area contributed by atoms with E-state index in [0.717, 1.165) is 18.4 Å². The fourth-order valence-corrected chi connectivity index (χ4v) is 4.57. The summed E-state index contributed by atoms with van der Waals surface area (Å²) >= 11 is 0. The molecule has 2 bridgehead atoms. The summed E-state index contributed by atoms with van der Waals surface area (Å²) in [4.78, 5) is 39.6. The van der Waals surface area contributed by atoms with E-state index in [2.05, 4.69) is 17.5 Å². The van der Waals surface area contributed by atoms with Crippen LogP contribution in [0, 0.1) is 30.6 Å². The maximum absolute atomic E-state index is 12.9. The monoisotopic (exact) mass is 338 g/mol. The molecule has 1 aliphatic heterocycles. The minimum absolute atomic E-state index is 0.142. The van der Waals surface area contributed by atoms with Crippen LogP contribution in [0.5, 0.6) is 0 Å². The number of nitrogens with one attached hydrogen (secondary N) is 1. The lowest BCUT2D eigenvalue weighted by Crippen LogP contribution is -2.46. The van der Waals surface area contributed by atoms with Crippen molar-refractivity contribution in [2.24, 2.45) is 23.7 Å². The lowest BCUT2D eigenvalue weighted by molar-refractivity contribution is -0.146. The highest BCUT2D eigenvalue weighted by molar-refractivity contribution is 6.10. The average Bonchev–Trinajstić information content (AvgIpc) is 2.88. The molecule has 4 aliphatic rings. The van der Waals surface area contributed by atoms with Gasteiger partial charge in [-0.25, -0.2) is 0 Å². The van der Waals surface area contributed by atoms with Gasteiger partial charge >= 0.3 is 0 Å². The predicted octanol–water partition coefficient (Wildman–Crippen LogP) is 2.52. The number of carbonyl (C=O) groups excluding carboxylic acids is 3. The highest BCUT2D eigenvalue weighted by Crippen LogP contribution is 2.49. The molecule has 0 aromatic heterocycles. The van der Waals surface area contributed by atoms with E-state index < -0.39 is 6.04 Å². The van der Waals surface area contributed by atoms with E-state index in [1.165, 1.54) is 4.90 Å². The van der Waals surface area contributed by atoms with E-state index in [4.69, 9.17) is 0 Å². The number of likely N-dealkylation sites (tertiary alicyclic amines) is 1. The molecule has 5 atom stereocenters. The van der Waals surface area contributed by atoms with Crippen LogP contribution in [0.4, 0.5) is 5.69 Å². The first-order valence-electron chi connectivity index (χ1n) is 8.90. The van der Waals surface area contributed by atoms with Gasteiger partial charge in [0.2, 0.25) is 17.7 Å². The van der Waals surface area contributed by atoms with Gasteiger partial charge < -0.3 is 5.32 Å². The molecule has 5 nitrogen and oxygen atoms in total. The molecule has 1 aromatic rings. The largest absolute Gasteiger partial charge is 0.324 e. The molecule has 3 amide bonds. The van der Waals surface area contributed by atoms with Crippen LogP contribution >= 0.6 is 0 Å². The number of carbonyl (C=O) groups is 3. The Morgan fingerprint density at radius 3 is 2.24 bits per heavy atom. The van der Waals surface area contributed by atoms with Gasteiger partial charge in [-0.3, -0.25) is 19.3 Å². The van der Waals surface area contributed by atoms with Crippen molar-refractivity contribution in [1.29, 1.82) is 0 Å². The van der Waals surface area contributed by atoms with Gasteiger partial charge in [0.15, 0.2) is 0 Å². The SMILES string of the molecule is Cc1cccc(NC(=O)[C@H](C)N2C(=O)[C@H]3[C@H](C2=O)[C@H]2C=C[C@H]3CC2)c1. The van der Waals surface area contributed by atoms with E-state index >= 15 is 0 Å². The molecule has 5 rings (SSSR count). The quantitative estimate of drug-likeness (QED) is 0.680. The van der Waals surface area contributed by atoms with Gasteiger partial charge in [-0.15, -0.1) is 0 Å². The molecule has 5 heteroatoms. The molecular weight excluding hydrogens is 316 g/mol. The zero-order valence-electron chi connectivity index (χ0n) is 14.4. The van der Waals surface area contributed by atoms with Gasteiger partial charge in [-0.1, -0.05) is 24.3 Å². The number of hydrogen-bond donors (Lipinski definition) is 1. The van der Waals surface area contributed by atoms with Gasteiger partial charge in [-0.05, 0) is 56.2 Å². The predicted molar refractivity (Wildman–Crippen MR) is 93.5 cm³/mol. The third-order valence-electron chi connectivity index (χ3n) is 5.85. The molecular formula is C20H22N2O3. The standard InChI is InChI=1S/C20H22N2O3/c1-11-4-3-5-15(10-11)21-18(23)12(2)22-19(24)16-13-6-7-14(9-8-13)17(16)20(22)25/h3-7,10,12-14,16-17H,8-9H2,1-2H3,(H,21,23)/t12-,13-,14-,16+,17+/m0/s1. The molecule has 1 heterocycles. The summed E-state index contributed by atoms with van der Waals surface area (Å²) in [5.41, 5.74) is 1.71. The molecule has 1 saturated heterocycles. The molecule has 0 spiro atoms. The summed E-state index contributed by atoms with van der Waals surface area (Å²) in [6, 6.07) is 6.67. The summed E-state index contributed by atoms with van der Waals surface area (Å²) in [6.07, 6.45) is 6.08. The van der Waals surface area contributed by atoms with Crippen molar-refractivity contribution in [2.75, 3.05) is 5.32 Å². The minimum atomic E-state index is -0.800. The average molecular weight is 338 g/mol. The second-order valence-corrected chi connectivity index (χ2v) is 7.42. The maximum atomic E-state index is 12.9. The van der Waals surface area contributed by atoms with Crippen LogP contribution in [0.2, 0.25) is 0 Å². The van der Waals surface area contributed by atoms with Crippen LogP contribution in [0.15, 0.2) is 36.4 Å². The minimum Gasteiger partial charge on any atom is -0.324 e. The van der Waals surface area contributed by atoms with Crippen LogP contribution in [-0.4, -0.2) is 28.7 Å². The number of imide groups is 1. The Labute approximate surface area is 147 Å². The number of amides is 3. The van der Waals surface area contributed by atoms with E-state index in [-0.39, 0.29) is 41.4 Å². The molecule has 1 saturated carbocycles. The van der Waals surface area contributed by atoms with Crippen LogP contribution in [0.3, 0.4) is 0 Å². The van der Waals surface area contributed by atoms with E-state index in [9.17, 15) is 14.4 Å².